The van der Waals surface area contributed by atoms with Crippen molar-refractivity contribution in [3.63, 3.8) is 0 Å². The number of hydrogen-bond donors (Lipinski definition) is 3. The first-order valence-electron chi connectivity index (χ1n) is 10.7. The molecule has 3 heterocycles. The Balaban J connectivity index is 1.33. The molecule has 11 heteroatoms. The van der Waals surface area contributed by atoms with Gasteiger partial charge in [-0.2, -0.15) is 0 Å². The van der Waals surface area contributed by atoms with Crippen molar-refractivity contribution < 1.29 is 18.6 Å². The van der Waals surface area contributed by atoms with Crippen LogP contribution in [0, 0.1) is 0 Å². The van der Waals surface area contributed by atoms with Crippen LogP contribution in [0.2, 0.25) is 0 Å². The summed E-state index contributed by atoms with van der Waals surface area (Å²) in [5, 5.41) is 24.1. The number of phenolic OH excluding ortho intramolecular Hbond substituents is 2. The molecule has 0 radical (unpaired) electrons. The number of sulfone groups is 1. The third kappa shape index (κ3) is 4.81. The summed E-state index contributed by atoms with van der Waals surface area (Å²) < 4.78 is 26.9. The largest absolute Gasteiger partial charge is 0.508 e. The molecule has 0 saturated carbocycles. The lowest BCUT2D eigenvalue weighted by molar-refractivity contribution is 0.474. The Morgan fingerprint density at radius 3 is 2.40 bits per heavy atom. The van der Waals surface area contributed by atoms with E-state index in [1.54, 1.807) is 36.5 Å². The number of nitrogens with one attached hydrogen (secondary N) is 1. The van der Waals surface area contributed by atoms with Gasteiger partial charge in [-0.1, -0.05) is 0 Å². The van der Waals surface area contributed by atoms with Crippen molar-refractivity contribution in [1.29, 1.82) is 0 Å². The first-order chi connectivity index (χ1) is 16.9. The summed E-state index contributed by atoms with van der Waals surface area (Å²) in [6.07, 6.45) is 3.93. The minimum atomic E-state index is -3.45. The standard InChI is InChI=1S/C24H21N5O4S2/c30-17-4-2-16(3-5-17)21-22(29-13-14-34-24(29)28-21)20-10-12-26-23(27-20)25-11-1-15-35(32,33)19-8-6-18(31)7-9-19/h2-10,12-14,30-31H,1,11,15H2,(H,25,26,27). The van der Waals surface area contributed by atoms with E-state index >= 15 is 0 Å². The number of aromatic hydroxyl groups is 2. The Hall–Kier alpha value is -3.96. The van der Waals surface area contributed by atoms with E-state index in [0.29, 0.717) is 24.6 Å². The van der Waals surface area contributed by atoms with Crippen LogP contribution in [0.3, 0.4) is 0 Å². The third-order valence-corrected chi connectivity index (χ3v) is 7.94. The lowest BCUT2D eigenvalue weighted by Gasteiger charge is -2.09. The van der Waals surface area contributed by atoms with E-state index in [1.807, 2.05) is 16.0 Å². The maximum absolute atomic E-state index is 12.5. The van der Waals surface area contributed by atoms with Gasteiger partial charge >= 0.3 is 0 Å². The lowest BCUT2D eigenvalue weighted by Crippen LogP contribution is -2.13. The molecule has 5 rings (SSSR count). The van der Waals surface area contributed by atoms with Crippen molar-refractivity contribution in [3.05, 3.63) is 72.4 Å². The van der Waals surface area contributed by atoms with E-state index in [2.05, 4.69) is 15.3 Å². The number of anilines is 1. The fourth-order valence-corrected chi connectivity index (χ4v) is 5.69. The topological polar surface area (TPSA) is 130 Å². The van der Waals surface area contributed by atoms with E-state index in [1.165, 1.54) is 35.6 Å². The van der Waals surface area contributed by atoms with Crippen LogP contribution in [0.5, 0.6) is 11.5 Å². The molecule has 0 amide bonds. The number of fused-ring (bicyclic) bond motifs is 1. The quantitative estimate of drug-likeness (QED) is 0.266. The van der Waals surface area contributed by atoms with E-state index < -0.39 is 9.84 Å². The summed E-state index contributed by atoms with van der Waals surface area (Å²) in [4.78, 5) is 14.7. The number of aromatic nitrogens is 4. The van der Waals surface area contributed by atoms with E-state index in [4.69, 9.17) is 4.98 Å². The van der Waals surface area contributed by atoms with Crippen molar-refractivity contribution in [3.8, 4) is 34.1 Å². The molecule has 0 bridgehead atoms. The Bertz CT molecular complexity index is 1580. The predicted octanol–water partition coefficient (Wildman–Crippen LogP) is 4.21. The first-order valence-corrected chi connectivity index (χ1v) is 13.3. The number of nitrogens with zero attached hydrogens (tertiary/aromatic N) is 4. The maximum atomic E-state index is 12.5. The molecule has 0 saturated heterocycles. The molecule has 0 aliphatic rings. The van der Waals surface area contributed by atoms with Gasteiger partial charge < -0.3 is 15.5 Å². The monoisotopic (exact) mass is 507 g/mol. The van der Waals surface area contributed by atoms with Gasteiger partial charge in [-0.3, -0.25) is 4.40 Å². The van der Waals surface area contributed by atoms with Crippen LogP contribution in [-0.2, 0) is 9.84 Å². The molecule has 0 aliphatic heterocycles. The molecular weight excluding hydrogens is 486 g/mol. The summed E-state index contributed by atoms with van der Waals surface area (Å²) in [6.45, 7) is 0.367. The normalized spacial score (nSPS) is 11.7. The number of hydrogen-bond acceptors (Lipinski definition) is 9. The predicted molar refractivity (Wildman–Crippen MR) is 134 cm³/mol. The van der Waals surface area contributed by atoms with Gasteiger partial charge in [-0.25, -0.2) is 23.4 Å². The number of thiazole rings is 1. The van der Waals surface area contributed by atoms with Crippen LogP contribution in [0.25, 0.3) is 27.6 Å². The summed E-state index contributed by atoms with van der Waals surface area (Å²) in [5.74, 6) is 0.533. The van der Waals surface area contributed by atoms with Crippen LogP contribution in [0.4, 0.5) is 5.95 Å². The van der Waals surface area contributed by atoms with Crippen LogP contribution in [-0.4, -0.2) is 50.3 Å². The highest BCUT2D eigenvalue weighted by Crippen LogP contribution is 2.34. The summed E-state index contributed by atoms with van der Waals surface area (Å²) in [6, 6.07) is 14.2. The van der Waals surface area contributed by atoms with Gasteiger partial charge in [0.25, 0.3) is 0 Å². The molecule has 2 aromatic carbocycles. The molecule has 0 fully saturated rings. The van der Waals surface area contributed by atoms with Gasteiger partial charge in [0.05, 0.1) is 22.0 Å². The number of imidazole rings is 1. The second-order valence-corrected chi connectivity index (χ2v) is 10.8. The maximum Gasteiger partial charge on any atom is 0.223 e. The molecule has 5 aromatic rings. The highest BCUT2D eigenvalue weighted by molar-refractivity contribution is 7.91. The number of phenols is 2. The molecule has 178 valence electrons. The summed E-state index contributed by atoms with van der Waals surface area (Å²) >= 11 is 1.51. The minimum absolute atomic E-state index is 0.0223. The second-order valence-electron chi connectivity index (χ2n) is 7.77. The van der Waals surface area contributed by atoms with Gasteiger partial charge in [0.15, 0.2) is 14.8 Å². The molecule has 0 atom stereocenters. The first kappa shape index (κ1) is 22.8. The van der Waals surface area contributed by atoms with Crippen LogP contribution in [0.1, 0.15) is 6.42 Å². The third-order valence-electron chi connectivity index (χ3n) is 5.37. The van der Waals surface area contributed by atoms with Crippen molar-refractivity contribution in [2.24, 2.45) is 0 Å². The van der Waals surface area contributed by atoms with Crippen molar-refractivity contribution in [1.82, 2.24) is 19.4 Å². The SMILES string of the molecule is O=S(=O)(CCCNc1nccc(-c2c(-c3ccc(O)cc3)nc3sccn23)n1)c1ccc(O)cc1. The van der Waals surface area contributed by atoms with Gasteiger partial charge in [0.2, 0.25) is 5.95 Å². The fourth-order valence-electron chi connectivity index (χ4n) is 3.66. The van der Waals surface area contributed by atoms with Crippen molar-refractivity contribution in [2.75, 3.05) is 17.6 Å². The molecule has 0 aliphatic carbocycles. The molecule has 0 spiro atoms. The fraction of sp³-hybridized carbons (Fsp3) is 0.125. The Kier molecular flexibility index (Phi) is 6.10. The smallest absolute Gasteiger partial charge is 0.223 e. The minimum Gasteiger partial charge on any atom is -0.508 e. The molecule has 3 aromatic heterocycles. The second kappa shape index (κ2) is 9.35. The Labute approximate surface area is 205 Å². The summed E-state index contributed by atoms with van der Waals surface area (Å²) in [5.41, 5.74) is 3.04. The average Bonchev–Trinajstić information content (AvgIpc) is 3.44. The molecule has 0 unspecified atom stereocenters. The zero-order chi connectivity index (χ0) is 24.4. The van der Waals surface area contributed by atoms with E-state index in [0.717, 1.165) is 21.9 Å². The summed E-state index contributed by atoms with van der Waals surface area (Å²) in [7, 11) is -3.45. The highest BCUT2D eigenvalue weighted by atomic mass is 32.2. The van der Waals surface area contributed by atoms with Gasteiger partial charge in [0.1, 0.15) is 17.2 Å². The lowest BCUT2D eigenvalue weighted by atomic mass is 10.1. The molecule has 9 nitrogen and oxygen atoms in total. The average molecular weight is 508 g/mol. The zero-order valence-corrected chi connectivity index (χ0v) is 20.0. The van der Waals surface area contributed by atoms with Gasteiger partial charge in [-0.15, -0.1) is 11.3 Å². The van der Waals surface area contributed by atoms with E-state index in [-0.39, 0.29) is 22.1 Å². The van der Waals surface area contributed by atoms with Crippen LogP contribution < -0.4 is 5.32 Å². The van der Waals surface area contributed by atoms with Crippen molar-refractivity contribution >= 4 is 32.1 Å². The molecule has 3 N–H and O–H groups in total. The van der Waals surface area contributed by atoms with Gasteiger partial charge in [-0.05, 0) is 61.0 Å². The highest BCUT2D eigenvalue weighted by Gasteiger charge is 2.19. The van der Waals surface area contributed by atoms with Crippen LogP contribution >= 0.6 is 11.3 Å². The van der Waals surface area contributed by atoms with E-state index in [9.17, 15) is 18.6 Å². The van der Waals surface area contributed by atoms with Crippen molar-refractivity contribution in [2.45, 2.75) is 11.3 Å². The van der Waals surface area contributed by atoms with Gasteiger partial charge in [0, 0.05) is 29.9 Å². The number of benzene rings is 2. The Morgan fingerprint density at radius 1 is 0.943 bits per heavy atom. The molecular formula is C24H21N5O4S2. The Morgan fingerprint density at radius 2 is 1.66 bits per heavy atom. The van der Waals surface area contributed by atoms with Crippen LogP contribution in [0.15, 0.2) is 77.3 Å². The number of rotatable bonds is 8. The molecule has 35 heavy (non-hydrogen) atoms. The zero-order valence-electron chi connectivity index (χ0n) is 18.4.